The summed E-state index contributed by atoms with van der Waals surface area (Å²) >= 11 is 6.80. The monoisotopic (exact) mass is 442 g/mol. The molecule has 1 aliphatic heterocycles. The molecule has 152 valence electrons. The quantitative estimate of drug-likeness (QED) is 0.666. The van der Waals surface area contributed by atoms with Gasteiger partial charge in [-0.2, -0.15) is 5.10 Å². The van der Waals surface area contributed by atoms with Crippen LogP contribution < -0.4 is 10.2 Å². The molecule has 0 radical (unpaired) electrons. The number of halogens is 4. The van der Waals surface area contributed by atoms with Crippen LogP contribution in [0.2, 0.25) is 5.02 Å². The summed E-state index contributed by atoms with van der Waals surface area (Å²) in [5, 5.41) is 6.53. The van der Waals surface area contributed by atoms with E-state index in [0.717, 1.165) is 11.3 Å². The number of anilines is 1. The zero-order chi connectivity index (χ0) is 20.9. The highest BCUT2D eigenvalue weighted by atomic mass is 35.5. The summed E-state index contributed by atoms with van der Waals surface area (Å²) in [5.74, 6) is -1.46. The summed E-state index contributed by atoms with van der Waals surface area (Å²) in [6, 6.07) is 4.55. The van der Waals surface area contributed by atoms with Gasteiger partial charge in [0, 0.05) is 24.7 Å². The third-order valence-corrected chi connectivity index (χ3v) is 6.19. The molecule has 3 heterocycles. The number of hydrogen-bond acceptors (Lipinski definition) is 4. The van der Waals surface area contributed by atoms with E-state index in [1.165, 1.54) is 40.9 Å². The van der Waals surface area contributed by atoms with Crippen LogP contribution in [0.5, 0.6) is 0 Å². The number of nitrogens with zero attached hydrogens (tertiary/aromatic N) is 3. The third-order valence-electron chi connectivity index (χ3n) is 4.70. The van der Waals surface area contributed by atoms with Crippen LogP contribution in [0, 0.1) is 5.82 Å². The Hall–Kier alpha value is -2.59. The number of carbonyl (C=O) groups excluding carboxylic acids is 2. The van der Waals surface area contributed by atoms with Crippen molar-refractivity contribution in [1.82, 2.24) is 15.1 Å². The molecule has 1 unspecified atom stereocenters. The van der Waals surface area contributed by atoms with Crippen LogP contribution in [0.3, 0.4) is 0 Å². The number of hydrogen-bond donors (Lipinski definition) is 1. The predicted octanol–water partition coefficient (Wildman–Crippen LogP) is 3.90. The maximum atomic E-state index is 13.3. The molecule has 6 nitrogen and oxygen atoms in total. The summed E-state index contributed by atoms with van der Waals surface area (Å²) in [7, 11) is 1.53. The van der Waals surface area contributed by atoms with Crippen LogP contribution in [-0.4, -0.2) is 34.2 Å². The molecule has 11 heteroatoms. The number of thiophene rings is 1. The number of aryl methyl sites for hydroxylation is 1. The standard InChI is InChI=1S/C18H14ClF3N4O2S/c1-25-18-9(14(24-25)15(21)22)7-13(29-18)16(27)23-12-4-5-26(17(12)28)8-2-3-11(20)10(19)6-8/h2-3,6-7,12,15H,4-5H2,1H3,(H,23,27). The fourth-order valence-corrected chi connectivity index (χ4v) is 4.45. The van der Waals surface area contributed by atoms with Crippen molar-refractivity contribution in [3.05, 3.63) is 45.7 Å². The van der Waals surface area contributed by atoms with Crippen LogP contribution in [-0.2, 0) is 11.8 Å². The zero-order valence-corrected chi connectivity index (χ0v) is 16.5. The molecule has 0 aliphatic carbocycles. The fourth-order valence-electron chi connectivity index (χ4n) is 3.29. The van der Waals surface area contributed by atoms with E-state index in [2.05, 4.69) is 10.4 Å². The fraction of sp³-hybridized carbons (Fsp3) is 0.278. The van der Waals surface area contributed by atoms with E-state index < -0.39 is 24.2 Å². The van der Waals surface area contributed by atoms with Gasteiger partial charge in [0.2, 0.25) is 5.91 Å². The molecule has 4 rings (SSSR count). The number of nitrogens with one attached hydrogen (secondary N) is 1. The lowest BCUT2D eigenvalue weighted by molar-refractivity contribution is -0.118. The molecular weight excluding hydrogens is 429 g/mol. The van der Waals surface area contributed by atoms with Crippen molar-refractivity contribution in [2.75, 3.05) is 11.4 Å². The highest BCUT2D eigenvalue weighted by molar-refractivity contribution is 7.20. The Morgan fingerprint density at radius 1 is 1.38 bits per heavy atom. The van der Waals surface area contributed by atoms with Gasteiger partial charge in [-0.15, -0.1) is 11.3 Å². The van der Waals surface area contributed by atoms with Crippen molar-refractivity contribution in [1.29, 1.82) is 0 Å². The highest BCUT2D eigenvalue weighted by Crippen LogP contribution is 2.33. The maximum absolute atomic E-state index is 13.3. The molecule has 29 heavy (non-hydrogen) atoms. The number of amides is 2. The molecule has 1 aliphatic rings. The minimum absolute atomic E-state index is 0.100. The molecule has 1 aromatic carbocycles. The highest BCUT2D eigenvalue weighted by Gasteiger charge is 2.34. The van der Waals surface area contributed by atoms with Gasteiger partial charge in [0.05, 0.1) is 9.90 Å². The van der Waals surface area contributed by atoms with Crippen molar-refractivity contribution in [2.24, 2.45) is 7.05 Å². The van der Waals surface area contributed by atoms with Crippen molar-refractivity contribution >= 4 is 50.7 Å². The van der Waals surface area contributed by atoms with Crippen LogP contribution in [0.25, 0.3) is 10.2 Å². The van der Waals surface area contributed by atoms with E-state index in [1.807, 2.05) is 0 Å². The second kappa shape index (κ2) is 7.34. The summed E-state index contributed by atoms with van der Waals surface area (Å²) in [4.78, 5) is 27.3. The molecule has 1 N–H and O–H groups in total. The van der Waals surface area contributed by atoms with Gasteiger partial charge in [-0.25, -0.2) is 13.2 Å². The number of rotatable bonds is 4. The Morgan fingerprint density at radius 3 is 2.83 bits per heavy atom. The zero-order valence-electron chi connectivity index (χ0n) is 15.0. The normalized spacial score (nSPS) is 17.0. The Morgan fingerprint density at radius 2 is 2.14 bits per heavy atom. The number of benzene rings is 1. The predicted molar refractivity (Wildman–Crippen MR) is 103 cm³/mol. The van der Waals surface area contributed by atoms with Gasteiger partial charge in [-0.3, -0.25) is 14.3 Å². The minimum Gasteiger partial charge on any atom is -0.339 e. The van der Waals surface area contributed by atoms with E-state index in [9.17, 15) is 22.8 Å². The minimum atomic E-state index is -2.75. The second-order valence-corrected chi connectivity index (χ2v) is 7.98. The molecule has 1 saturated heterocycles. The van der Waals surface area contributed by atoms with Gasteiger partial charge >= 0.3 is 0 Å². The Kier molecular flexibility index (Phi) is 4.99. The first kappa shape index (κ1) is 19.7. The van der Waals surface area contributed by atoms with Gasteiger partial charge in [0.15, 0.2) is 0 Å². The van der Waals surface area contributed by atoms with Crippen molar-refractivity contribution < 1.29 is 22.8 Å². The molecular formula is C18H14ClF3N4O2S. The van der Waals surface area contributed by atoms with Crippen molar-refractivity contribution in [3.63, 3.8) is 0 Å². The van der Waals surface area contributed by atoms with E-state index in [0.29, 0.717) is 23.5 Å². The average molecular weight is 443 g/mol. The number of aromatic nitrogens is 2. The Bertz CT molecular complexity index is 1130. The van der Waals surface area contributed by atoms with Crippen LogP contribution >= 0.6 is 22.9 Å². The molecule has 0 saturated carbocycles. The number of fused-ring (bicyclic) bond motifs is 1. The Balaban J connectivity index is 1.51. The third kappa shape index (κ3) is 3.46. The van der Waals surface area contributed by atoms with E-state index in [-0.39, 0.29) is 26.9 Å². The van der Waals surface area contributed by atoms with Crippen LogP contribution in [0.15, 0.2) is 24.3 Å². The van der Waals surface area contributed by atoms with Crippen LogP contribution in [0.4, 0.5) is 18.9 Å². The van der Waals surface area contributed by atoms with E-state index >= 15 is 0 Å². The Labute approximate surface area is 171 Å². The number of carbonyl (C=O) groups is 2. The first-order chi connectivity index (χ1) is 13.8. The van der Waals surface area contributed by atoms with Gasteiger partial charge < -0.3 is 10.2 Å². The first-order valence-electron chi connectivity index (χ1n) is 8.58. The second-order valence-electron chi connectivity index (χ2n) is 6.54. The van der Waals surface area contributed by atoms with Gasteiger partial charge in [-0.1, -0.05) is 11.6 Å². The molecule has 2 aromatic heterocycles. The van der Waals surface area contributed by atoms with Crippen LogP contribution in [0.1, 0.15) is 28.2 Å². The SMILES string of the molecule is Cn1nc(C(F)F)c2cc(C(=O)NC3CCN(c4ccc(F)c(Cl)c4)C3=O)sc21. The molecule has 1 atom stereocenters. The van der Waals surface area contributed by atoms with Gasteiger partial charge in [-0.05, 0) is 30.7 Å². The molecule has 2 amide bonds. The topological polar surface area (TPSA) is 67.2 Å². The van der Waals surface area contributed by atoms with Crippen molar-refractivity contribution in [3.8, 4) is 0 Å². The molecule has 0 bridgehead atoms. The lowest BCUT2D eigenvalue weighted by atomic mass is 10.2. The lowest BCUT2D eigenvalue weighted by Gasteiger charge is -2.17. The molecule has 1 fully saturated rings. The summed E-state index contributed by atoms with van der Waals surface area (Å²) in [6.07, 6.45) is -2.40. The molecule has 0 spiro atoms. The summed E-state index contributed by atoms with van der Waals surface area (Å²) < 4.78 is 40.9. The lowest BCUT2D eigenvalue weighted by Crippen LogP contribution is -2.41. The molecule has 3 aromatic rings. The average Bonchev–Trinajstić information content (AvgIpc) is 3.34. The largest absolute Gasteiger partial charge is 0.339 e. The summed E-state index contributed by atoms with van der Waals surface area (Å²) in [5.41, 5.74) is 0.0572. The summed E-state index contributed by atoms with van der Waals surface area (Å²) in [6.45, 7) is 0.331. The first-order valence-corrected chi connectivity index (χ1v) is 9.77. The number of alkyl halides is 2. The van der Waals surface area contributed by atoms with Crippen molar-refractivity contribution in [2.45, 2.75) is 18.9 Å². The smallest absolute Gasteiger partial charge is 0.282 e. The maximum Gasteiger partial charge on any atom is 0.282 e. The van der Waals surface area contributed by atoms with Gasteiger partial charge in [0.25, 0.3) is 12.3 Å². The van der Waals surface area contributed by atoms with Gasteiger partial charge in [0.1, 0.15) is 22.4 Å². The van der Waals surface area contributed by atoms with E-state index in [1.54, 1.807) is 0 Å². The van der Waals surface area contributed by atoms with E-state index in [4.69, 9.17) is 11.6 Å².